The first kappa shape index (κ1) is 9.12. The average molecular weight is 195 g/mol. The van der Waals surface area contributed by atoms with Crippen LogP contribution in [0.25, 0.3) is 0 Å². The number of hydrogen-bond donors (Lipinski definition) is 0. The van der Waals surface area contributed by atoms with Gasteiger partial charge < -0.3 is 4.57 Å². The van der Waals surface area contributed by atoms with Gasteiger partial charge in [0, 0.05) is 12.4 Å². The second-order valence-corrected chi connectivity index (χ2v) is 2.42. The first-order valence-corrected chi connectivity index (χ1v) is 3.48. The molecule has 0 fully saturated rings. The summed E-state index contributed by atoms with van der Waals surface area (Å²) in [5.74, 6) is 0. The lowest BCUT2D eigenvalue weighted by Gasteiger charge is -2.02. The molecule has 0 aliphatic heterocycles. The molecule has 0 aromatic carbocycles. The van der Waals surface area contributed by atoms with Gasteiger partial charge in [-0.1, -0.05) is 11.6 Å². The van der Waals surface area contributed by atoms with Crippen molar-refractivity contribution in [2.75, 3.05) is 0 Å². The highest BCUT2D eigenvalue weighted by molar-refractivity contribution is 6.29. The van der Waals surface area contributed by atoms with E-state index in [1.807, 2.05) is 0 Å². The maximum atomic E-state index is 11.8. The summed E-state index contributed by atoms with van der Waals surface area (Å²) in [6.07, 6.45) is -0.201. The summed E-state index contributed by atoms with van der Waals surface area (Å²) in [4.78, 5) is 14.4. The van der Waals surface area contributed by atoms with Gasteiger partial charge in [-0.05, 0) is 0 Å². The average Bonchev–Trinajstić information content (AvgIpc) is 1.98. The summed E-state index contributed by atoms with van der Waals surface area (Å²) in [6.45, 7) is -0.652. The monoisotopic (exact) mass is 194 g/mol. The van der Waals surface area contributed by atoms with Crippen molar-refractivity contribution in [3.05, 3.63) is 27.9 Å². The molecule has 0 N–H and O–H groups in total. The van der Waals surface area contributed by atoms with Crippen LogP contribution in [0.15, 0.2) is 17.2 Å². The molecular weight excluding hydrogens is 190 g/mol. The van der Waals surface area contributed by atoms with E-state index < -0.39 is 18.5 Å². The first-order chi connectivity index (χ1) is 5.61. The van der Waals surface area contributed by atoms with Gasteiger partial charge in [0.2, 0.25) is 0 Å². The molecular formula is C6H5ClF2N2O. The number of alkyl halides is 2. The fraction of sp³-hybridized carbons (Fsp3) is 0.333. The highest BCUT2D eigenvalue weighted by Gasteiger charge is 2.07. The Bertz CT molecular complexity index is 326. The Morgan fingerprint density at radius 2 is 2.33 bits per heavy atom. The van der Waals surface area contributed by atoms with Gasteiger partial charge >= 0.3 is 0 Å². The molecule has 1 aromatic heterocycles. The van der Waals surface area contributed by atoms with Gasteiger partial charge in [-0.25, -0.2) is 13.8 Å². The minimum Gasteiger partial charge on any atom is -0.306 e. The van der Waals surface area contributed by atoms with Crippen LogP contribution in [0.1, 0.15) is 0 Å². The minimum atomic E-state index is -2.57. The Kier molecular flexibility index (Phi) is 2.75. The predicted molar refractivity (Wildman–Crippen MR) is 39.5 cm³/mol. The fourth-order valence-electron chi connectivity index (χ4n) is 0.713. The third-order valence-electron chi connectivity index (χ3n) is 1.21. The molecule has 0 amide bonds. The van der Waals surface area contributed by atoms with E-state index in [0.29, 0.717) is 0 Å². The molecule has 12 heavy (non-hydrogen) atoms. The Morgan fingerprint density at radius 3 is 2.92 bits per heavy atom. The van der Waals surface area contributed by atoms with Gasteiger partial charge in [-0.2, -0.15) is 0 Å². The molecule has 0 spiro atoms. The molecule has 1 rings (SSSR count). The van der Waals surface area contributed by atoms with E-state index in [1.165, 1.54) is 12.4 Å². The Labute approximate surface area is 71.6 Å². The fourth-order valence-corrected chi connectivity index (χ4v) is 0.878. The van der Waals surface area contributed by atoms with E-state index >= 15 is 0 Å². The maximum absolute atomic E-state index is 11.8. The molecule has 6 heteroatoms. The Balaban J connectivity index is 3.01. The topological polar surface area (TPSA) is 34.9 Å². The first-order valence-electron chi connectivity index (χ1n) is 3.10. The predicted octanol–water partition coefficient (Wildman–Crippen LogP) is 1.16. The van der Waals surface area contributed by atoms with Crippen molar-refractivity contribution in [3.8, 4) is 0 Å². The quantitative estimate of drug-likeness (QED) is 0.708. The number of rotatable bonds is 2. The zero-order chi connectivity index (χ0) is 9.14. The van der Waals surface area contributed by atoms with Crippen molar-refractivity contribution >= 4 is 11.6 Å². The molecule has 0 saturated carbocycles. The molecule has 0 aliphatic rings. The lowest BCUT2D eigenvalue weighted by Crippen LogP contribution is -2.23. The number of nitrogens with zero attached hydrogens (tertiary/aromatic N) is 2. The molecule has 1 heterocycles. The van der Waals surface area contributed by atoms with Gasteiger partial charge in [-0.3, -0.25) is 4.79 Å². The molecule has 0 radical (unpaired) electrons. The summed E-state index contributed by atoms with van der Waals surface area (Å²) in [5.41, 5.74) is -0.695. The summed E-state index contributed by atoms with van der Waals surface area (Å²) >= 11 is 5.31. The highest BCUT2D eigenvalue weighted by Crippen LogP contribution is 1.98. The summed E-state index contributed by atoms with van der Waals surface area (Å²) in [6, 6.07) is 0. The van der Waals surface area contributed by atoms with Crippen LogP contribution in [-0.4, -0.2) is 16.0 Å². The van der Waals surface area contributed by atoms with Gasteiger partial charge in [0.25, 0.3) is 12.0 Å². The Hall–Kier alpha value is -0.970. The molecule has 3 nitrogen and oxygen atoms in total. The van der Waals surface area contributed by atoms with Crippen LogP contribution < -0.4 is 5.56 Å². The van der Waals surface area contributed by atoms with Crippen LogP contribution in [0, 0.1) is 0 Å². The highest BCUT2D eigenvalue weighted by atomic mass is 35.5. The SMILES string of the molecule is O=c1c(Cl)nccn1CC(F)F. The van der Waals surface area contributed by atoms with Gasteiger partial charge in [0.05, 0.1) is 6.54 Å². The van der Waals surface area contributed by atoms with Gasteiger partial charge in [-0.15, -0.1) is 0 Å². The molecule has 1 aromatic rings. The van der Waals surface area contributed by atoms with E-state index in [9.17, 15) is 13.6 Å². The maximum Gasteiger partial charge on any atom is 0.288 e. The van der Waals surface area contributed by atoms with Crippen LogP contribution in [0.2, 0.25) is 5.15 Å². The van der Waals surface area contributed by atoms with Crippen molar-refractivity contribution in [1.29, 1.82) is 0 Å². The zero-order valence-electron chi connectivity index (χ0n) is 5.88. The van der Waals surface area contributed by atoms with Crippen LogP contribution in [0.4, 0.5) is 8.78 Å². The number of aromatic nitrogens is 2. The van der Waals surface area contributed by atoms with Gasteiger partial charge in [0.15, 0.2) is 5.15 Å². The third kappa shape index (κ3) is 2.01. The minimum absolute atomic E-state index is 0.293. The van der Waals surface area contributed by atoms with E-state index in [1.54, 1.807) is 0 Å². The molecule has 0 bridgehead atoms. The van der Waals surface area contributed by atoms with E-state index in [4.69, 9.17) is 11.6 Å². The number of hydrogen-bond acceptors (Lipinski definition) is 2. The van der Waals surface area contributed by atoms with Crippen LogP contribution in [0.5, 0.6) is 0 Å². The van der Waals surface area contributed by atoms with Crippen molar-refractivity contribution in [2.45, 2.75) is 13.0 Å². The summed E-state index contributed by atoms with van der Waals surface area (Å²) < 4.78 is 24.4. The smallest absolute Gasteiger partial charge is 0.288 e. The van der Waals surface area contributed by atoms with Crippen molar-refractivity contribution in [1.82, 2.24) is 9.55 Å². The Morgan fingerprint density at radius 1 is 1.67 bits per heavy atom. The summed E-state index contributed by atoms with van der Waals surface area (Å²) in [5, 5.41) is -0.293. The molecule has 0 atom stereocenters. The van der Waals surface area contributed by atoms with Crippen LogP contribution in [0.3, 0.4) is 0 Å². The standard InChI is InChI=1S/C6H5ClF2N2O/c7-5-6(12)11(2-1-10-5)3-4(8)9/h1-2,4H,3H2. The van der Waals surface area contributed by atoms with E-state index in [2.05, 4.69) is 4.98 Å². The van der Waals surface area contributed by atoms with Crippen LogP contribution in [-0.2, 0) is 6.54 Å². The van der Waals surface area contributed by atoms with Gasteiger partial charge in [0.1, 0.15) is 0 Å². The van der Waals surface area contributed by atoms with E-state index in [0.717, 1.165) is 4.57 Å². The van der Waals surface area contributed by atoms with Crippen LogP contribution >= 0.6 is 11.6 Å². The normalized spacial score (nSPS) is 10.7. The molecule has 0 aliphatic carbocycles. The molecule has 0 unspecified atom stereocenters. The largest absolute Gasteiger partial charge is 0.306 e. The second kappa shape index (κ2) is 3.62. The summed E-state index contributed by atoms with van der Waals surface area (Å²) in [7, 11) is 0. The van der Waals surface area contributed by atoms with Crippen molar-refractivity contribution < 1.29 is 8.78 Å². The van der Waals surface area contributed by atoms with E-state index in [-0.39, 0.29) is 5.15 Å². The molecule has 66 valence electrons. The lowest BCUT2D eigenvalue weighted by atomic mass is 10.6. The molecule has 0 saturated heterocycles. The second-order valence-electron chi connectivity index (χ2n) is 2.07. The number of halogens is 3. The third-order valence-corrected chi connectivity index (χ3v) is 1.47. The zero-order valence-corrected chi connectivity index (χ0v) is 6.63. The van der Waals surface area contributed by atoms with Crippen molar-refractivity contribution in [2.24, 2.45) is 0 Å². The van der Waals surface area contributed by atoms with Crippen molar-refractivity contribution in [3.63, 3.8) is 0 Å². The lowest BCUT2D eigenvalue weighted by molar-refractivity contribution is 0.125.